The van der Waals surface area contributed by atoms with Gasteiger partial charge in [0.1, 0.15) is 18.7 Å². The molecule has 2 heterocycles. The zero-order valence-electron chi connectivity index (χ0n) is 18.6. The fraction of sp³-hybridized carbons (Fsp3) is 0.609. The van der Waals surface area contributed by atoms with E-state index in [1.165, 1.54) is 5.56 Å². The van der Waals surface area contributed by atoms with Crippen molar-refractivity contribution < 1.29 is 23.9 Å². The van der Waals surface area contributed by atoms with E-state index in [1.807, 2.05) is 18.2 Å². The van der Waals surface area contributed by atoms with Gasteiger partial charge in [-0.05, 0) is 30.7 Å². The first kappa shape index (κ1) is 23.2. The van der Waals surface area contributed by atoms with E-state index in [9.17, 15) is 14.4 Å². The summed E-state index contributed by atoms with van der Waals surface area (Å²) in [5.41, 5.74) is 0.905. The molecule has 8 heteroatoms. The van der Waals surface area contributed by atoms with Crippen molar-refractivity contribution in [1.82, 2.24) is 15.5 Å². The van der Waals surface area contributed by atoms with Gasteiger partial charge in [0.15, 0.2) is 5.78 Å². The molecule has 2 aliphatic rings. The lowest BCUT2D eigenvalue weighted by Gasteiger charge is -2.33. The molecule has 170 valence electrons. The number of rotatable bonds is 7. The minimum atomic E-state index is -0.769. The number of benzene rings is 1. The van der Waals surface area contributed by atoms with E-state index >= 15 is 0 Å². The van der Waals surface area contributed by atoms with Gasteiger partial charge < -0.3 is 25.0 Å². The molecule has 8 nitrogen and oxygen atoms in total. The summed E-state index contributed by atoms with van der Waals surface area (Å²) in [6.45, 7) is 7.84. The molecule has 0 aromatic heterocycles. The second-order valence-electron chi connectivity index (χ2n) is 9.10. The van der Waals surface area contributed by atoms with Gasteiger partial charge in [-0.15, -0.1) is 0 Å². The molecule has 1 unspecified atom stereocenters. The SMILES string of the molecule is C[C@@H]1OCC(=O)[C@H]1NC(=O)C(CC(C)(C)Cc1ccccc1)NC(=O)N1CCOCC1. The van der Waals surface area contributed by atoms with Crippen LogP contribution < -0.4 is 10.6 Å². The fourth-order valence-electron chi connectivity index (χ4n) is 4.10. The van der Waals surface area contributed by atoms with Gasteiger partial charge in [-0.3, -0.25) is 9.59 Å². The van der Waals surface area contributed by atoms with Gasteiger partial charge >= 0.3 is 6.03 Å². The summed E-state index contributed by atoms with van der Waals surface area (Å²) < 4.78 is 10.7. The second kappa shape index (κ2) is 10.2. The first-order valence-corrected chi connectivity index (χ1v) is 10.9. The van der Waals surface area contributed by atoms with Gasteiger partial charge in [0.25, 0.3) is 0 Å². The minimum Gasteiger partial charge on any atom is -0.378 e. The van der Waals surface area contributed by atoms with E-state index in [1.54, 1.807) is 11.8 Å². The molecule has 2 saturated heterocycles. The lowest BCUT2D eigenvalue weighted by Crippen LogP contribution is -2.57. The first-order chi connectivity index (χ1) is 14.7. The van der Waals surface area contributed by atoms with Gasteiger partial charge in [-0.25, -0.2) is 4.79 Å². The molecule has 0 radical (unpaired) electrons. The molecular weight excluding hydrogens is 398 g/mol. The van der Waals surface area contributed by atoms with Crippen molar-refractivity contribution in [2.45, 2.75) is 51.8 Å². The van der Waals surface area contributed by atoms with Crippen LogP contribution in [0.4, 0.5) is 4.79 Å². The van der Waals surface area contributed by atoms with Crippen molar-refractivity contribution in [3.8, 4) is 0 Å². The van der Waals surface area contributed by atoms with Gasteiger partial charge in [-0.1, -0.05) is 44.2 Å². The number of urea groups is 1. The number of carbonyl (C=O) groups is 3. The monoisotopic (exact) mass is 431 g/mol. The summed E-state index contributed by atoms with van der Waals surface area (Å²) in [6, 6.07) is 8.31. The molecule has 3 atom stereocenters. The van der Waals surface area contributed by atoms with Crippen molar-refractivity contribution in [2.24, 2.45) is 5.41 Å². The Morgan fingerprint density at radius 1 is 1.19 bits per heavy atom. The second-order valence-corrected chi connectivity index (χ2v) is 9.10. The number of carbonyl (C=O) groups excluding carboxylic acids is 3. The Hall–Kier alpha value is -2.45. The highest BCUT2D eigenvalue weighted by atomic mass is 16.5. The Labute approximate surface area is 183 Å². The normalized spacial score (nSPS) is 22.8. The van der Waals surface area contributed by atoms with Crippen LogP contribution >= 0.6 is 0 Å². The molecule has 2 aliphatic heterocycles. The molecule has 31 heavy (non-hydrogen) atoms. The molecule has 1 aromatic rings. The van der Waals surface area contributed by atoms with Crippen molar-refractivity contribution in [1.29, 1.82) is 0 Å². The van der Waals surface area contributed by atoms with Crippen molar-refractivity contribution in [3.63, 3.8) is 0 Å². The van der Waals surface area contributed by atoms with Crippen LogP contribution in [0, 0.1) is 5.41 Å². The third-order valence-electron chi connectivity index (χ3n) is 5.80. The Morgan fingerprint density at radius 3 is 2.48 bits per heavy atom. The van der Waals surface area contributed by atoms with E-state index in [0.717, 1.165) is 6.42 Å². The van der Waals surface area contributed by atoms with E-state index < -0.39 is 12.1 Å². The Morgan fingerprint density at radius 2 is 1.87 bits per heavy atom. The van der Waals surface area contributed by atoms with Crippen LogP contribution in [0.25, 0.3) is 0 Å². The molecule has 3 amide bonds. The number of hydrogen-bond acceptors (Lipinski definition) is 5. The lowest BCUT2D eigenvalue weighted by atomic mass is 9.80. The third kappa shape index (κ3) is 6.51. The quantitative estimate of drug-likeness (QED) is 0.683. The summed E-state index contributed by atoms with van der Waals surface area (Å²) in [7, 11) is 0. The van der Waals surface area contributed by atoms with E-state index in [-0.39, 0.29) is 35.8 Å². The fourth-order valence-corrected chi connectivity index (χ4v) is 4.10. The van der Waals surface area contributed by atoms with E-state index in [4.69, 9.17) is 9.47 Å². The van der Waals surface area contributed by atoms with Crippen LogP contribution in [0.5, 0.6) is 0 Å². The summed E-state index contributed by atoms with van der Waals surface area (Å²) in [6.07, 6.45) is 0.803. The topological polar surface area (TPSA) is 97.0 Å². The van der Waals surface area contributed by atoms with Crippen molar-refractivity contribution in [2.75, 3.05) is 32.9 Å². The van der Waals surface area contributed by atoms with Crippen LogP contribution in [0.15, 0.2) is 30.3 Å². The van der Waals surface area contributed by atoms with Crippen LogP contribution in [0.3, 0.4) is 0 Å². The number of nitrogens with zero attached hydrogens (tertiary/aromatic N) is 1. The Balaban J connectivity index is 1.71. The number of amides is 3. The predicted octanol–water partition coefficient (Wildman–Crippen LogP) is 1.53. The largest absolute Gasteiger partial charge is 0.378 e. The molecule has 1 aromatic carbocycles. The molecule has 0 bridgehead atoms. The van der Waals surface area contributed by atoms with Gasteiger partial charge in [-0.2, -0.15) is 0 Å². The Bertz CT molecular complexity index is 777. The molecule has 2 fully saturated rings. The zero-order chi connectivity index (χ0) is 22.4. The van der Waals surface area contributed by atoms with Crippen molar-refractivity contribution in [3.05, 3.63) is 35.9 Å². The number of Topliss-reactive ketones (excluding diaryl/α,β-unsaturated/α-hetero) is 1. The average Bonchev–Trinajstić information content (AvgIpc) is 3.06. The van der Waals surface area contributed by atoms with Crippen LogP contribution in [-0.2, 0) is 25.5 Å². The highest BCUT2D eigenvalue weighted by Gasteiger charge is 2.37. The van der Waals surface area contributed by atoms with Gasteiger partial charge in [0, 0.05) is 13.1 Å². The summed E-state index contributed by atoms with van der Waals surface area (Å²) >= 11 is 0. The third-order valence-corrected chi connectivity index (χ3v) is 5.80. The van der Waals surface area contributed by atoms with Gasteiger partial charge in [0.2, 0.25) is 5.91 Å². The van der Waals surface area contributed by atoms with Crippen LogP contribution in [-0.4, -0.2) is 73.7 Å². The number of ketones is 1. The highest BCUT2D eigenvalue weighted by Crippen LogP contribution is 2.28. The first-order valence-electron chi connectivity index (χ1n) is 10.9. The predicted molar refractivity (Wildman–Crippen MR) is 116 cm³/mol. The maximum Gasteiger partial charge on any atom is 0.318 e. The maximum absolute atomic E-state index is 13.2. The minimum absolute atomic E-state index is 0.00355. The van der Waals surface area contributed by atoms with Crippen LogP contribution in [0.1, 0.15) is 32.8 Å². The average molecular weight is 432 g/mol. The molecular formula is C23H33N3O5. The van der Waals surface area contributed by atoms with Gasteiger partial charge in [0.05, 0.1) is 19.3 Å². The highest BCUT2D eigenvalue weighted by molar-refractivity contribution is 5.94. The molecule has 3 rings (SSSR count). The van der Waals surface area contributed by atoms with E-state index in [2.05, 4.69) is 36.6 Å². The number of hydrogen-bond donors (Lipinski definition) is 2. The van der Waals surface area contributed by atoms with Crippen LogP contribution in [0.2, 0.25) is 0 Å². The number of ether oxygens (including phenoxy) is 2. The summed E-state index contributed by atoms with van der Waals surface area (Å²) in [4.78, 5) is 39.7. The molecule has 2 N–H and O–H groups in total. The van der Waals surface area contributed by atoms with Crippen molar-refractivity contribution >= 4 is 17.7 Å². The lowest BCUT2D eigenvalue weighted by molar-refractivity contribution is -0.128. The van der Waals surface area contributed by atoms with E-state index in [0.29, 0.717) is 32.7 Å². The standard InChI is InChI=1S/C23H33N3O5/c1-16-20(19(27)15-31-16)25-21(28)18(24-22(29)26-9-11-30-12-10-26)14-23(2,3)13-17-7-5-4-6-8-17/h4-8,16,18,20H,9-15H2,1-3H3,(H,24,29)(H,25,28)/t16-,18?,20-/m0/s1. The number of morpholine rings is 1. The summed E-state index contributed by atoms with van der Waals surface area (Å²) in [5, 5.41) is 5.70. The smallest absolute Gasteiger partial charge is 0.318 e. The molecule has 0 spiro atoms. The molecule has 0 saturated carbocycles. The Kier molecular flexibility index (Phi) is 7.67. The zero-order valence-corrected chi connectivity index (χ0v) is 18.6. The molecule has 0 aliphatic carbocycles. The number of nitrogens with one attached hydrogen (secondary N) is 2. The summed E-state index contributed by atoms with van der Waals surface area (Å²) in [5.74, 6) is -0.513. The maximum atomic E-state index is 13.2.